The minimum Gasteiger partial charge on any atom is -0.308 e. The Kier molecular flexibility index (Phi) is 4.29. The minimum absolute atomic E-state index is 0.151. The molecule has 0 aliphatic rings. The molecular formula is C11H15F3N2. The van der Waals surface area contributed by atoms with E-state index in [1.807, 2.05) is 13.8 Å². The van der Waals surface area contributed by atoms with Gasteiger partial charge in [-0.15, -0.1) is 0 Å². The lowest BCUT2D eigenvalue weighted by atomic mass is 10.1. The third-order valence-corrected chi connectivity index (χ3v) is 2.20. The van der Waals surface area contributed by atoms with Crippen molar-refractivity contribution in [2.45, 2.75) is 39.3 Å². The Hall–Kier alpha value is -1.10. The first-order valence-electron chi connectivity index (χ1n) is 5.12. The lowest BCUT2D eigenvalue weighted by Crippen LogP contribution is -2.27. The highest BCUT2D eigenvalue weighted by Gasteiger charge is 2.20. The van der Waals surface area contributed by atoms with Crippen LogP contribution in [0.25, 0.3) is 0 Å². The Labute approximate surface area is 92.9 Å². The van der Waals surface area contributed by atoms with E-state index in [-0.39, 0.29) is 17.6 Å². The number of aromatic nitrogens is 1. The van der Waals surface area contributed by atoms with E-state index in [0.29, 0.717) is 0 Å². The molecule has 1 atom stereocenters. The Morgan fingerprint density at radius 3 is 2.38 bits per heavy atom. The Morgan fingerprint density at radius 1 is 1.25 bits per heavy atom. The molecule has 0 bridgehead atoms. The maximum atomic E-state index is 13.6. The van der Waals surface area contributed by atoms with Gasteiger partial charge in [0.05, 0.1) is 0 Å². The monoisotopic (exact) mass is 232 g/mol. The number of hydrogen-bond acceptors (Lipinski definition) is 2. The maximum absolute atomic E-state index is 13.6. The third kappa shape index (κ3) is 2.95. The first kappa shape index (κ1) is 13.0. The molecular weight excluding hydrogens is 217 g/mol. The summed E-state index contributed by atoms with van der Waals surface area (Å²) in [6, 6.07) is 1.25. The lowest BCUT2D eigenvalue weighted by molar-refractivity contribution is 0.140. The normalized spacial score (nSPS) is 13.5. The van der Waals surface area contributed by atoms with Gasteiger partial charge < -0.3 is 5.32 Å². The molecule has 1 N–H and O–H groups in total. The van der Waals surface area contributed by atoms with Crippen LogP contribution in [-0.2, 0) is 0 Å². The van der Waals surface area contributed by atoms with E-state index in [2.05, 4.69) is 10.3 Å². The van der Waals surface area contributed by atoms with Crippen LogP contribution < -0.4 is 5.32 Å². The smallest absolute Gasteiger partial charge is 0.283 e. The fraction of sp³-hybridized carbons (Fsp3) is 0.545. The summed E-state index contributed by atoms with van der Waals surface area (Å²) in [7, 11) is 0. The van der Waals surface area contributed by atoms with Crippen molar-refractivity contribution in [2.75, 3.05) is 0 Å². The van der Waals surface area contributed by atoms with Gasteiger partial charge in [-0.3, -0.25) is 4.98 Å². The molecule has 0 radical (unpaired) electrons. The highest BCUT2D eigenvalue weighted by atomic mass is 19.3. The number of nitrogens with zero attached hydrogens (tertiary/aromatic N) is 1. The molecule has 1 heterocycles. The van der Waals surface area contributed by atoms with Crippen molar-refractivity contribution in [2.24, 2.45) is 0 Å². The second-order valence-electron chi connectivity index (χ2n) is 3.94. The summed E-state index contributed by atoms with van der Waals surface area (Å²) >= 11 is 0. The molecule has 1 aromatic rings. The van der Waals surface area contributed by atoms with E-state index in [1.165, 1.54) is 12.3 Å². The van der Waals surface area contributed by atoms with Gasteiger partial charge in [-0.2, -0.15) is 0 Å². The highest BCUT2D eigenvalue weighted by Crippen LogP contribution is 2.25. The molecule has 5 heteroatoms. The topological polar surface area (TPSA) is 24.9 Å². The van der Waals surface area contributed by atoms with Crippen LogP contribution in [0, 0.1) is 5.82 Å². The van der Waals surface area contributed by atoms with Crippen LogP contribution in [0.1, 0.15) is 44.5 Å². The van der Waals surface area contributed by atoms with Gasteiger partial charge in [0.15, 0.2) is 5.82 Å². The SMILES string of the molecule is CC(C)N[C@H](C)c1ccnc(C(F)F)c1F. The summed E-state index contributed by atoms with van der Waals surface area (Å²) in [6.07, 6.45) is -1.68. The van der Waals surface area contributed by atoms with Crippen LogP contribution in [-0.4, -0.2) is 11.0 Å². The van der Waals surface area contributed by atoms with E-state index in [4.69, 9.17) is 0 Å². The quantitative estimate of drug-likeness (QED) is 0.862. The molecule has 90 valence electrons. The molecule has 0 spiro atoms. The minimum atomic E-state index is -2.88. The van der Waals surface area contributed by atoms with Crippen molar-refractivity contribution in [1.29, 1.82) is 0 Å². The van der Waals surface area contributed by atoms with Crippen LogP contribution in [0.15, 0.2) is 12.3 Å². The predicted molar refractivity (Wildman–Crippen MR) is 55.8 cm³/mol. The molecule has 0 aliphatic heterocycles. The molecule has 0 aromatic carbocycles. The fourth-order valence-corrected chi connectivity index (χ4v) is 1.55. The van der Waals surface area contributed by atoms with Crippen molar-refractivity contribution in [1.82, 2.24) is 10.3 Å². The second-order valence-corrected chi connectivity index (χ2v) is 3.94. The van der Waals surface area contributed by atoms with E-state index in [0.717, 1.165) is 0 Å². The number of halogens is 3. The first-order valence-corrected chi connectivity index (χ1v) is 5.12. The third-order valence-electron chi connectivity index (χ3n) is 2.20. The van der Waals surface area contributed by atoms with E-state index in [9.17, 15) is 13.2 Å². The van der Waals surface area contributed by atoms with Gasteiger partial charge in [0.25, 0.3) is 6.43 Å². The molecule has 2 nitrogen and oxygen atoms in total. The van der Waals surface area contributed by atoms with Crippen LogP contribution in [0.5, 0.6) is 0 Å². The van der Waals surface area contributed by atoms with Gasteiger partial charge >= 0.3 is 0 Å². The van der Waals surface area contributed by atoms with Crippen molar-refractivity contribution in [3.05, 3.63) is 29.3 Å². The van der Waals surface area contributed by atoms with E-state index < -0.39 is 17.9 Å². The summed E-state index contributed by atoms with van der Waals surface area (Å²) in [4.78, 5) is 3.35. The molecule has 0 aliphatic carbocycles. The van der Waals surface area contributed by atoms with Crippen LogP contribution in [0.2, 0.25) is 0 Å². The van der Waals surface area contributed by atoms with Gasteiger partial charge in [-0.1, -0.05) is 13.8 Å². The van der Waals surface area contributed by atoms with Crippen molar-refractivity contribution < 1.29 is 13.2 Å². The molecule has 0 saturated heterocycles. The number of alkyl halides is 2. The Morgan fingerprint density at radius 2 is 1.88 bits per heavy atom. The van der Waals surface area contributed by atoms with Gasteiger partial charge in [0, 0.05) is 23.8 Å². The molecule has 0 amide bonds. The van der Waals surface area contributed by atoms with Crippen molar-refractivity contribution >= 4 is 0 Å². The van der Waals surface area contributed by atoms with E-state index >= 15 is 0 Å². The number of hydrogen-bond donors (Lipinski definition) is 1. The lowest BCUT2D eigenvalue weighted by Gasteiger charge is -2.18. The van der Waals surface area contributed by atoms with Gasteiger partial charge in [0.2, 0.25) is 0 Å². The predicted octanol–water partition coefficient (Wildman–Crippen LogP) is 3.22. The van der Waals surface area contributed by atoms with Crippen molar-refractivity contribution in [3.63, 3.8) is 0 Å². The largest absolute Gasteiger partial charge is 0.308 e. The summed E-state index contributed by atoms with van der Waals surface area (Å²) in [6.45, 7) is 5.54. The summed E-state index contributed by atoms with van der Waals surface area (Å²) in [5, 5.41) is 3.05. The zero-order valence-electron chi connectivity index (χ0n) is 9.47. The molecule has 1 rings (SSSR count). The molecule has 1 aromatic heterocycles. The fourth-order valence-electron chi connectivity index (χ4n) is 1.55. The average Bonchev–Trinajstić information content (AvgIpc) is 2.16. The maximum Gasteiger partial charge on any atom is 0.283 e. The van der Waals surface area contributed by atoms with Crippen molar-refractivity contribution in [3.8, 4) is 0 Å². The van der Waals surface area contributed by atoms with Gasteiger partial charge in [-0.05, 0) is 13.0 Å². The van der Waals surface area contributed by atoms with E-state index in [1.54, 1.807) is 6.92 Å². The van der Waals surface area contributed by atoms with Gasteiger partial charge in [0.1, 0.15) is 5.69 Å². The zero-order chi connectivity index (χ0) is 12.3. The standard InChI is InChI=1S/C11H15F3N2/c1-6(2)16-7(3)8-4-5-15-10(9(8)12)11(13)14/h4-7,11,16H,1-3H3/t7-/m1/s1. The summed E-state index contributed by atoms with van der Waals surface area (Å²) < 4.78 is 38.5. The molecule has 0 fully saturated rings. The number of nitrogens with one attached hydrogen (secondary N) is 1. The summed E-state index contributed by atoms with van der Waals surface area (Å²) in [5.74, 6) is -0.918. The van der Waals surface area contributed by atoms with Gasteiger partial charge in [-0.25, -0.2) is 13.2 Å². The van der Waals surface area contributed by atoms with Crippen LogP contribution in [0.3, 0.4) is 0 Å². The zero-order valence-corrected chi connectivity index (χ0v) is 9.47. The van der Waals surface area contributed by atoms with Crippen LogP contribution in [0.4, 0.5) is 13.2 Å². The Bertz CT molecular complexity index is 353. The second kappa shape index (κ2) is 5.30. The molecule has 0 saturated carbocycles. The Balaban J connectivity index is 3.00. The number of rotatable bonds is 4. The average molecular weight is 232 g/mol. The highest BCUT2D eigenvalue weighted by molar-refractivity contribution is 5.23. The molecule has 0 unspecified atom stereocenters. The summed E-state index contributed by atoms with van der Waals surface area (Å²) in [5.41, 5.74) is -0.561. The number of pyridine rings is 1. The van der Waals surface area contributed by atoms with Crippen LogP contribution >= 0.6 is 0 Å². The molecule has 16 heavy (non-hydrogen) atoms. The first-order chi connectivity index (χ1) is 7.43.